The molecule has 1 aromatic carbocycles. The number of aliphatic hydroxyl groups is 1. The Labute approximate surface area is 93.1 Å². The molecule has 0 fully saturated rings. The lowest BCUT2D eigenvalue weighted by atomic mass is 9.91. The third-order valence-electron chi connectivity index (χ3n) is 2.86. The van der Waals surface area contributed by atoms with Crippen molar-refractivity contribution < 1.29 is 9.50 Å². The zero-order valence-corrected chi connectivity index (χ0v) is 9.34. The van der Waals surface area contributed by atoms with Gasteiger partial charge in [0, 0.05) is 28.1 Å². The molecule has 2 rings (SSSR count). The van der Waals surface area contributed by atoms with Gasteiger partial charge in [0.1, 0.15) is 5.82 Å². The summed E-state index contributed by atoms with van der Waals surface area (Å²) in [4.78, 5) is 3.10. The molecule has 1 heterocycles. The second kappa shape index (κ2) is 3.49. The second-order valence-corrected chi connectivity index (χ2v) is 4.69. The van der Waals surface area contributed by atoms with Crippen LogP contribution in [0.3, 0.4) is 0 Å². The number of fused-ring (bicyclic) bond motifs is 1. The van der Waals surface area contributed by atoms with Crippen LogP contribution in [0.25, 0.3) is 10.9 Å². The zero-order valence-electron chi connectivity index (χ0n) is 9.34. The van der Waals surface area contributed by atoms with E-state index in [-0.39, 0.29) is 17.7 Å². The largest absolute Gasteiger partial charge is 0.396 e. The highest BCUT2D eigenvalue weighted by atomic mass is 19.1. The molecule has 1 aromatic heterocycles. The molecule has 86 valence electrons. The Morgan fingerprint density at radius 3 is 2.69 bits per heavy atom. The average Bonchev–Trinajstić information content (AvgIpc) is 2.62. The van der Waals surface area contributed by atoms with E-state index in [1.165, 1.54) is 6.07 Å². The molecule has 0 amide bonds. The van der Waals surface area contributed by atoms with E-state index in [4.69, 9.17) is 5.73 Å². The summed E-state index contributed by atoms with van der Waals surface area (Å²) in [5.74, 6) is -0.428. The predicted octanol–water partition coefficient (Wildman–Crippen LogP) is 2.16. The molecule has 0 saturated heterocycles. The third-order valence-corrected chi connectivity index (χ3v) is 2.86. The maximum Gasteiger partial charge on any atom is 0.148 e. The van der Waals surface area contributed by atoms with Gasteiger partial charge in [-0.05, 0) is 12.1 Å². The molecular formula is C12H15FN2O. The van der Waals surface area contributed by atoms with Crippen LogP contribution >= 0.6 is 0 Å². The molecule has 4 N–H and O–H groups in total. The molecule has 0 spiro atoms. The van der Waals surface area contributed by atoms with E-state index >= 15 is 0 Å². The first-order valence-electron chi connectivity index (χ1n) is 5.13. The summed E-state index contributed by atoms with van der Waals surface area (Å²) in [7, 11) is 0. The van der Waals surface area contributed by atoms with Crippen molar-refractivity contribution in [3.63, 3.8) is 0 Å². The van der Waals surface area contributed by atoms with Gasteiger partial charge in [-0.15, -0.1) is 0 Å². The summed E-state index contributed by atoms with van der Waals surface area (Å²) in [5, 5.41) is 10.1. The lowest BCUT2D eigenvalue weighted by Gasteiger charge is -2.19. The quantitative estimate of drug-likeness (QED) is 0.682. The van der Waals surface area contributed by atoms with Gasteiger partial charge in [-0.3, -0.25) is 0 Å². The van der Waals surface area contributed by atoms with Gasteiger partial charge in [0.2, 0.25) is 0 Å². The normalized spacial score (nSPS) is 12.2. The summed E-state index contributed by atoms with van der Waals surface area (Å²) < 4.78 is 13.2. The molecule has 0 aliphatic carbocycles. The monoisotopic (exact) mass is 222 g/mol. The number of anilines is 1. The van der Waals surface area contributed by atoms with Gasteiger partial charge in [-0.25, -0.2) is 4.39 Å². The minimum absolute atomic E-state index is 0.0256. The first-order chi connectivity index (χ1) is 7.44. The van der Waals surface area contributed by atoms with Crippen molar-refractivity contribution in [2.24, 2.45) is 0 Å². The fourth-order valence-corrected chi connectivity index (χ4v) is 1.62. The van der Waals surface area contributed by atoms with Crippen LogP contribution < -0.4 is 5.73 Å². The first kappa shape index (κ1) is 11.0. The lowest BCUT2D eigenvalue weighted by molar-refractivity contribution is 0.216. The molecule has 0 unspecified atom stereocenters. The summed E-state index contributed by atoms with van der Waals surface area (Å²) in [6.07, 6.45) is 0. The Morgan fingerprint density at radius 2 is 2.06 bits per heavy atom. The van der Waals surface area contributed by atoms with E-state index < -0.39 is 5.82 Å². The van der Waals surface area contributed by atoms with Crippen molar-refractivity contribution in [3.8, 4) is 0 Å². The summed E-state index contributed by atoms with van der Waals surface area (Å²) in [6, 6.07) is 4.86. The van der Waals surface area contributed by atoms with Crippen molar-refractivity contribution >= 4 is 16.6 Å². The third kappa shape index (κ3) is 1.65. The average molecular weight is 222 g/mol. The van der Waals surface area contributed by atoms with Crippen LogP contribution in [-0.4, -0.2) is 16.7 Å². The number of aromatic nitrogens is 1. The van der Waals surface area contributed by atoms with Gasteiger partial charge >= 0.3 is 0 Å². The molecule has 0 aliphatic rings. The number of nitrogens with one attached hydrogen (secondary N) is 1. The van der Waals surface area contributed by atoms with E-state index in [0.29, 0.717) is 5.52 Å². The number of benzene rings is 1. The molecule has 0 radical (unpaired) electrons. The summed E-state index contributed by atoms with van der Waals surface area (Å²) >= 11 is 0. The summed E-state index contributed by atoms with van der Waals surface area (Å²) in [5.41, 5.74) is 6.83. The Hall–Kier alpha value is -1.55. The van der Waals surface area contributed by atoms with Gasteiger partial charge < -0.3 is 15.8 Å². The number of hydrogen-bond donors (Lipinski definition) is 3. The van der Waals surface area contributed by atoms with Crippen molar-refractivity contribution in [1.82, 2.24) is 4.98 Å². The first-order valence-corrected chi connectivity index (χ1v) is 5.13. The molecule has 0 bridgehead atoms. The van der Waals surface area contributed by atoms with Crippen LogP contribution in [0.1, 0.15) is 19.5 Å². The standard InChI is InChI=1S/C12H15FN2O/c1-12(2,6-16)11-4-7-3-9(14)8(13)5-10(7)15-11/h3-5,15-16H,6,14H2,1-2H3. The van der Waals surface area contributed by atoms with Crippen LogP contribution in [0.2, 0.25) is 0 Å². The Balaban J connectivity index is 2.61. The molecule has 16 heavy (non-hydrogen) atoms. The Kier molecular flexibility index (Phi) is 2.39. The van der Waals surface area contributed by atoms with Crippen molar-refractivity contribution in [2.45, 2.75) is 19.3 Å². The summed E-state index contributed by atoms with van der Waals surface area (Å²) in [6.45, 7) is 3.85. The maximum absolute atomic E-state index is 13.2. The van der Waals surface area contributed by atoms with E-state index in [1.807, 2.05) is 19.9 Å². The van der Waals surface area contributed by atoms with E-state index in [0.717, 1.165) is 11.1 Å². The predicted molar refractivity (Wildman–Crippen MR) is 62.8 cm³/mol. The molecule has 0 aliphatic heterocycles. The number of aliphatic hydroxyl groups excluding tert-OH is 1. The number of rotatable bonds is 2. The smallest absolute Gasteiger partial charge is 0.148 e. The van der Waals surface area contributed by atoms with Crippen molar-refractivity contribution in [2.75, 3.05) is 12.3 Å². The number of halogens is 1. The van der Waals surface area contributed by atoms with Crippen molar-refractivity contribution in [1.29, 1.82) is 0 Å². The highest BCUT2D eigenvalue weighted by Gasteiger charge is 2.21. The SMILES string of the molecule is CC(C)(CO)c1cc2cc(N)c(F)cc2[nH]1. The second-order valence-electron chi connectivity index (χ2n) is 4.69. The van der Waals surface area contributed by atoms with Crippen LogP contribution in [0.15, 0.2) is 18.2 Å². The van der Waals surface area contributed by atoms with Crippen LogP contribution in [-0.2, 0) is 5.41 Å². The molecule has 0 atom stereocenters. The lowest BCUT2D eigenvalue weighted by Crippen LogP contribution is -2.22. The van der Waals surface area contributed by atoms with Crippen LogP contribution in [0.5, 0.6) is 0 Å². The molecule has 3 nitrogen and oxygen atoms in total. The van der Waals surface area contributed by atoms with Gasteiger partial charge in [-0.1, -0.05) is 13.8 Å². The number of nitrogen functional groups attached to an aromatic ring is 1. The number of aromatic amines is 1. The van der Waals surface area contributed by atoms with Crippen molar-refractivity contribution in [3.05, 3.63) is 29.7 Å². The highest BCUT2D eigenvalue weighted by Crippen LogP contribution is 2.28. The molecule has 2 aromatic rings. The fourth-order valence-electron chi connectivity index (χ4n) is 1.62. The number of nitrogens with two attached hydrogens (primary N) is 1. The van der Waals surface area contributed by atoms with E-state index in [1.54, 1.807) is 6.07 Å². The van der Waals surface area contributed by atoms with Gasteiger partial charge in [0.15, 0.2) is 0 Å². The molecule has 4 heteroatoms. The van der Waals surface area contributed by atoms with E-state index in [9.17, 15) is 9.50 Å². The van der Waals surface area contributed by atoms with Crippen LogP contribution in [0.4, 0.5) is 10.1 Å². The van der Waals surface area contributed by atoms with Gasteiger partial charge in [0.05, 0.1) is 12.3 Å². The number of hydrogen-bond acceptors (Lipinski definition) is 2. The Bertz CT molecular complexity index is 492. The molecule has 0 saturated carbocycles. The maximum atomic E-state index is 13.2. The topological polar surface area (TPSA) is 62.0 Å². The van der Waals surface area contributed by atoms with Gasteiger partial charge in [0.25, 0.3) is 0 Å². The minimum Gasteiger partial charge on any atom is -0.396 e. The zero-order chi connectivity index (χ0) is 11.9. The number of H-pyrrole nitrogens is 1. The minimum atomic E-state index is -0.428. The fraction of sp³-hybridized carbons (Fsp3) is 0.333. The van der Waals surface area contributed by atoms with Crippen LogP contribution in [0, 0.1) is 5.82 Å². The molecular weight excluding hydrogens is 207 g/mol. The van der Waals surface area contributed by atoms with E-state index in [2.05, 4.69) is 4.98 Å². The van der Waals surface area contributed by atoms with Gasteiger partial charge in [-0.2, -0.15) is 0 Å². The Morgan fingerprint density at radius 1 is 1.38 bits per heavy atom. The highest BCUT2D eigenvalue weighted by molar-refractivity contribution is 5.84.